The van der Waals surface area contributed by atoms with Crippen LogP contribution >= 0.6 is 0 Å². The number of hydrogen-bond acceptors (Lipinski definition) is 6. The summed E-state index contributed by atoms with van der Waals surface area (Å²) in [5, 5.41) is 3.28. The Morgan fingerprint density at radius 2 is 1.82 bits per heavy atom. The molecule has 1 N–H and O–H groups in total. The summed E-state index contributed by atoms with van der Waals surface area (Å²) in [5.74, 6) is 1.66. The number of nitrogens with one attached hydrogen (secondary N) is 1. The van der Waals surface area contributed by atoms with Gasteiger partial charge in [-0.25, -0.2) is 9.97 Å². The number of nitrogens with zero attached hydrogens (tertiary/aromatic N) is 4. The summed E-state index contributed by atoms with van der Waals surface area (Å²) in [6.45, 7) is 1.80. The minimum absolute atomic E-state index is 0.140. The fourth-order valence-electron chi connectivity index (χ4n) is 4.49. The van der Waals surface area contributed by atoms with E-state index < -0.39 is 0 Å². The Kier molecular flexibility index (Phi) is 5.13. The third-order valence-corrected chi connectivity index (χ3v) is 6.49. The van der Waals surface area contributed by atoms with Gasteiger partial charge in [0.05, 0.1) is 18.4 Å². The lowest BCUT2D eigenvalue weighted by Gasteiger charge is -2.29. The molecule has 0 radical (unpaired) electrons. The van der Waals surface area contributed by atoms with Crippen LogP contribution in [0.5, 0.6) is 5.88 Å². The molecule has 1 aromatic carbocycles. The van der Waals surface area contributed by atoms with Crippen LogP contribution in [0.1, 0.15) is 25.7 Å². The van der Waals surface area contributed by atoms with Crippen LogP contribution in [0.25, 0.3) is 11.1 Å². The first-order valence-corrected chi connectivity index (χ1v) is 11.7. The van der Waals surface area contributed by atoms with Crippen molar-refractivity contribution in [2.24, 2.45) is 5.92 Å². The molecule has 2 fully saturated rings. The average molecular weight is 456 g/mol. The van der Waals surface area contributed by atoms with Crippen molar-refractivity contribution in [3.05, 3.63) is 54.9 Å². The standard InChI is InChI=1S/C26H25N5O3/c32-24-2-1-11-30(24)21-8-5-17(6-9-21)19-7-10-23(27-15-19)29-20-14-22-25(28-16-20)34-13-12-31(22)26(33)18-3-4-18/h5-10,14-16,18H,1-4,11-13H2,(H,27,29). The lowest BCUT2D eigenvalue weighted by Crippen LogP contribution is -2.39. The van der Waals surface area contributed by atoms with Gasteiger partial charge in [-0.1, -0.05) is 12.1 Å². The number of carbonyl (C=O) groups excluding carboxylic acids is 2. The molecule has 0 unspecified atom stereocenters. The maximum Gasteiger partial charge on any atom is 0.238 e. The van der Waals surface area contributed by atoms with E-state index in [9.17, 15) is 9.59 Å². The number of carbonyl (C=O) groups is 2. The van der Waals surface area contributed by atoms with E-state index in [1.54, 1.807) is 11.1 Å². The molecule has 2 amide bonds. The zero-order valence-corrected chi connectivity index (χ0v) is 18.7. The maximum absolute atomic E-state index is 12.7. The SMILES string of the molecule is O=C1CCCN1c1ccc(-c2ccc(Nc3cnc4c(c3)N(C(=O)C3CC3)CCO4)nc2)cc1. The summed E-state index contributed by atoms with van der Waals surface area (Å²) in [6.07, 6.45) is 6.98. The van der Waals surface area contributed by atoms with Crippen molar-refractivity contribution in [1.82, 2.24) is 9.97 Å². The number of amides is 2. The lowest BCUT2D eigenvalue weighted by molar-refractivity contribution is -0.120. The van der Waals surface area contributed by atoms with E-state index in [1.165, 1.54) is 0 Å². The van der Waals surface area contributed by atoms with Gasteiger partial charge in [-0.3, -0.25) is 9.59 Å². The number of ether oxygens (including phenoxy) is 1. The van der Waals surface area contributed by atoms with Gasteiger partial charge in [-0.2, -0.15) is 0 Å². The van der Waals surface area contributed by atoms with Crippen LogP contribution in [0, 0.1) is 5.92 Å². The summed E-state index contributed by atoms with van der Waals surface area (Å²) < 4.78 is 5.65. The Labute approximate surface area is 197 Å². The first-order valence-electron chi connectivity index (χ1n) is 11.7. The molecule has 8 heteroatoms. The minimum Gasteiger partial charge on any atom is -0.474 e. The minimum atomic E-state index is 0.140. The van der Waals surface area contributed by atoms with E-state index >= 15 is 0 Å². The molecule has 0 spiro atoms. The van der Waals surface area contributed by atoms with Crippen LogP contribution in [-0.2, 0) is 9.59 Å². The van der Waals surface area contributed by atoms with Gasteiger partial charge >= 0.3 is 0 Å². The second kappa shape index (κ2) is 8.44. The normalized spacial score (nSPS) is 17.4. The fourth-order valence-corrected chi connectivity index (χ4v) is 4.49. The molecule has 8 nitrogen and oxygen atoms in total. The molecule has 2 aromatic heterocycles. The van der Waals surface area contributed by atoms with Gasteiger partial charge in [-0.05, 0) is 55.2 Å². The number of rotatable bonds is 5. The number of benzene rings is 1. The van der Waals surface area contributed by atoms with E-state index in [0.29, 0.717) is 37.0 Å². The van der Waals surface area contributed by atoms with Crippen molar-refractivity contribution in [1.29, 1.82) is 0 Å². The van der Waals surface area contributed by atoms with Crippen LogP contribution in [0.4, 0.5) is 22.9 Å². The molecule has 1 aliphatic carbocycles. The predicted octanol–water partition coefficient (Wildman–Crippen LogP) is 4.15. The van der Waals surface area contributed by atoms with E-state index in [1.807, 2.05) is 53.6 Å². The largest absolute Gasteiger partial charge is 0.474 e. The highest BCUT2D eigenvalue weighted by molar-refractivity contribution is 5.98. The van der Waals surface area contributed by atoms with Gasteiger partial charge in [0.2, 0.25) is 17.7 Å². The molecule has 34 heavy (non-hydrogen) atoms. The van der Waals surface area contributed by atoms with E-state index in [4.69, 9.17) is 4.74 Å². The molecule has 0 bridgehead atoms. The van der Waals surface area contributed by atoms with Gasteiger partial charge in [0, 0.05) is 36.3 Å². The highest BCUT2D eigenvalue weighted by Crippen LogP contribution is 2.38. The number of hydrogen-bond donors (Lipinski definition) is 1. The Bertz CT molecular complexity index is 1240. The zero-order chi connectivity index (χ0) is 23.1. The molecule has 4 heterocycles. The summed E-state index contributed by atoms with van der Waals surface area (Å²) in [4.78, 5) is 37.2. The summed E-state index contributed by atoms with van der Waals surface area (Å²) in [5.41, 5.74) is 4.42. The quantitative estimate of drug-likeness (QED) is 0.622. The second-order valence-corrected chi connectivity index (χ2v) is 8.91. The van der Waals surface area contributed by atoms with Crippen molar-refractivity contribution < 1.29 is 14.3 Å². The van der Waals surface area contributed by atoms with Gasteiger partial charge in [0.15, 0.2) is 0 Å². The third kappa shape index (κ3) is 3.96. The Hall–Kier alpha value is -3.94. The molecule has 0 atom stereocenters. The van der Waals surface area contributed by atoms with E-state index in [-0.39, 0.29) is 17.7 Å². The van der Waals surface area contributed by atoms with Crippen LogP contribution in [0.3, 0.4) is 0 Å². The Morgan fingerprint density at radius 1 is 1.00 bits per heavy atom. The zero-order valence-electron chi connectivity index (χ0n) is 18.7. The van der Waals surface area contributed by atoms with E-state index in [2.05, 4.69) is 15.3 Å². The second-order valence-electron chi connectivity index (χ2n) is 8.91. The van der Waals surface area contributed by atoms with Crippen molar-refractivity contribution in [3.8, 4) is 17.0 Å². The van der Waals surface area contributed by atoms with Gasteiger partial charge in [-0.15, -0.1) is 0 Å². The maximum atomic E-state index is 12.7. The first kappa shape index (κ1) is 20.7. The topological polar surface area (TPSA) is 87.7 Å². The number of fused-ring (bicyclic) bond motifs is 1. The monoisotopic (exact) mass is 455 g/mol. The van der Waals surface area contributed by atoms with Crippen LogP contribution in [0.15, 0.2) is 54.9 Å². The predicted molar refractivity (Wildman–Crippen MR) is 129 cm³/mol. The first-order chi connectivity index (χ1) is 16.7. The Balaban J connectivity index is 1.17. The molecule has 3 aromatic rings. The molecule has 6 rings (SSSR count). The molecular weight excluding hydrogens is 430 g/mol. The van der Waals surface area contributed by atoms with Crippen molar-refractivity contribution in [2.75, 3.05) is 34.8 Å². The number of anilines is 4. The molecule has 1 saturated carbocycles. The van der Waals surface area contributed by atoms with Gasteiger partial charge in [0.1, 0.15) is 18.1 Å². The molecular formula is C26H25N5O3. The van der Waals surface area contributed by atoms with Crippen molar-refractivity contribution in [2.45, 2.75) is 25.7 Å². The van der Waals surface area contributed by atoms with Crippen molar-refractivity contribution >= 4 is 34.7 Å². The number of aromatic nitrogens is 2. The lowest BCUT2D eigenvalue weighted by atomic mass is 10.1. The highest BCUT2D eigenvalue weighted by Gasteiger charge is 2.36. The highest BCUT2D eigenvalue weighted by atomic mass is 16.5. The fraction of sp³-hybridized carbons (Fsp3) is 0.308. The van der Waals surface area contributed by atoms with Crippen LogP contribution < -0.4 is 19.9 Å². The Morgan fingerprint density at radius 3 is 2.53 bits per heavy atom. The van der Waals surface area contributed by atoms with Crippen LogP contribution in [0.2, 0.25) is 0 Å². The molecule has 172 valence electrons. The summed E-state index contributed by atoms with van der Waals surface area (Å²) in [7, 11) is 0. The van der Waals surface area contributed by atoms with Crippen LogP contribution in [-0.4, -0.2) is 41.5 Å². The summed E-state index contributed by atoms with van der Waals surface area (Å²) >= 11 is 0. The summed E-state index contributed by atoms with van der Waals surface area (Å²) in [6, 6.07) is 13.8. The number of pyridine rings is 2. The van der Waals surface area contributed by atoms with E-state index in [0.717, 1.165) is 48.3 Å². The van der Waals surface area contributed by atoms with Crippen molar-refractivity contribution in [3.63, 3.8) is 0 Å². The van der Waals surface area contributed by atoms with Gasteiger partial charge in [0.25, 0.3) is 0 Å². The average Bonchev–Trinajstić information content (AvgIpc) is 3.64. The third-order valence-electron chi connectivity index (χ3n) is 6.49. The molecule has 1 saturated heterocycles. The smallest absolute Gasteiger partial charge is 0.238 e. The molecule has 3 aliphatic rings. The van der Waals surface area contributed by atoms with Gasteiger partial charge < -0.3 is 19.9 Å². The molecule has 2 aliphatic heterocycles.